The predicted octanol–water partition coefficient (Wildman–Crippen LogP) is -6.71. The summed E-state index contributed by atoms with van der Waals surface area (Å²) < 4.78 is 31.6. The molecule has 0 aromatic carbocycles. The fourth-order valence-electron chi connectivity index (χ4n) is 0.143. The molecule has 0 heterocycles. The minimum atomic E-state index is -4.67. The van der Waals surface area contributed by atoms with Crippen LogP contribution in [0.4, 0.5) is 0 Å². The van der Waals surface area contributed by atoms with Crippen LogP contribution in [0, 0.1) is 0 Å². The van der Waals surface area contributed by atoms with E-state index in [1.165, 1.54) is 0 Å². The molecular formula is C4H8Na2O8S. The molecule has 0 saturated carbocycles. The van der Waals surface area contributed by atoms with E-state index in [1.54, 1.807) is 0 Å². The topological polar surface area (TPSA) is 149 Å². The van der Waals surface area contributed by atoms with Gasteiger partial charge in [-0.15, -0.1) is 0 Å². The Kier molecular flexibility index (Phi) is 20.8. The number of carbonyl (C=O) groups is 2. The fraction of sp³-hybridized carbons (Fsp3) is 0. The van der Waals surface area contributed by atoms with Gasteiger partial charge < -0.3 is 13.1 Å². The molecule has 0 aromatic heterocycles. The molecule has 11 heteroatoms. The SMILES string of the molecule is O=C(O)/C=C/C(=O)O.O=S(=O)(O)O.[H-].[H-].[Na+].[Na+]. The van der Waals surface area contributed by atoms with Gasteiger partial charge in [-0.3, -0.25) is 9.11 Å². The molecule has 0 bridgehead atoms. The van der Waals surface area contributed by atoms with Crippen molar-refractivity contribution in [2.45, 2.75) is 0 Å². The third kappa shape index (κ3) is 74.4. The predicted molar refractivity (Wildman–Crippen MR) is 40.8 cm³/mol. The largest absolute Gasteiger partial charge is 1.00 e. The molecule has 0 aromatic rings. The third-order valence-electron chi connectivity index (χ3n) is 0.368. The minimum absolute atomic E-state index is 0. The van der Waals surface area contributed by atoms with Gasteiger partial charge in [0, 0.05) is 12.2 Å². The minimum Gasteiger partial charge on any atom is -1.00 e. The first-order valence-corrected chi connectivity index (χ1v) is 3.86. The summed E-state index contributed by atoms with van der Waals surface area (Å²) >= 11 is 0. The van der Waals surface area contributed by atoms with E-state index in [2.05, 4.69) is 0 Å². The number of carboxylic acid groups (broad SMARTS) is 2. The summed E-state index contributed by atoms with van der Waals surface area (Å²) in [7, 11) is -4.67. The number of rotatable bonds is 2. The van der Waals surface area contributed by atoms with Gasteiger partial charge in [0.2, 0.25) is 0 Å². The standard InChI is InChI=1S/C4H4O4.2Na.H2O4S.2H/c5-3(6)1-2-4(7)8;;;1-5(2,3)4;;/h1-2H,(H,5,6)(H,7,8);;;(H2,1,2,3,4);;/q;2*+1;;2*-1/b2-1+;;;;;. The number of hydrogen-bond donors (Lipinski definition) is 4. The van der Waals surface area contributed by atoms with Gasteiger partial charge in [-0.2, -0.15) is 8.42 Å². The van der Waals surface area contributed by atoms with Gasteiger partial charge in [-0.1, -0.05) is 0 Å². The number of aliphatic carboxylic acids is 2. The van der Waals surface area contributed by atoms with Crippen LogP contribution >= 0.6 is 0 Å². The maximum atomic E-state index is 9.55. The van der Waals surface area contributed by atoms with Crippen LogP contribution in [0.2, 0.25) is 0 Å². The van der Waals surface area contributed by atoms with Crippen LogP contribution in [-0.4, -0.2) is 39.7 Å². The molecule has 0 amide bonds. The van der Waals surface area contributed by atoms with Crippen molar-refractivity contribution in [1.29, 1.82) is 0 Å². The van der Waals surface area contributed by atoms with Gasteiger partial charge in [0.15, 0.2) is 0 Å². The first kappa shape index (κ1) is 24.7. The van der Waals surface area contributed by atoms with Crippen molar-refractivity contribution in [3.05, 3.63) is 12.2 Å². The average molecular weight is 262 g/mol. The molecule has 0 rings (SSSR count). The Morgan fingerprint density at radius 1 is 0.933 bits per heavy atom. The van der Waals surface area contributed by atoms with Gasteiger partial charge in [-0.25, -0.2) is 9.59 Å². The van der Waals surface area contributed by atoms with E-state index in [0.29, 0.717) is 12.2 Å². The molecule has 15 heavy (non-hydrogen) atoms. The molecule has 4 N–H and O–H groups in total. The first-order chi connectivity index (χ1) is 5.63. The van der Waals surface area contributed by atoms with Crippen molar-refractivity contribution < 1.29 is 99.3 Å². The Morgan fingerprint density at radius 3 is 1.13 bits per heavy atom. The van der Waals surface area contributed by atoms with E-state index in [1.807, 2.05) is 0 Å². The van der Waals surface area contributed by atoms with Crippen LogP contribution < -0.4 is 59.1 Å². The molecule has 8 nitrogen and oxygen atoms in total. The van der Waals surface area contributed by atoms with Gasteiger partial charge in [-0.05, 0) is 0 Å². The summed E-state index contributed by atoms with van der Waals surface area (Å²) in [6.45, 7) is 0. The van der Waals surface area contributed by atoms with E-state index >= 15 is 0 Å². The van der Waals surface area contributed by atoms with Crippen molar-refractivity contribution >= 4 is 22.3 Å². The maximum Gasteiger partial charge on any atom is 1.00 e. The van der Waals surface area contributed by atoms with Crippen LogP contribution in [0.15, 0.2) is 12.2 Å². The van der Waals surface area contributed by atoms with Crippen molar-refractivity contribution in [2.75, 3.05) is 0 Å². The molecule has 0 atom stereocenters. The summed E-state index contributed by atoms with van der Waals surface area (Å²) in [6, 6.07) is 0. The summed E-state index contributed by atoms with van der Waals surface area (Å²) in [5.74, 6) is -2.51. The van der Waals surface area contributed by atoms with Crippen molar-refractivity contribution in [3.63, 3.8) is 0 Å². The van der Waals surface area contributed by atoms with Crippen molar-refractivity contribution in [1.82, 2.24) is 0 Å². The zero-order chi connectivity index (χ0) is 11.1. The van der Waals surface area contributed by atoms with Crippen molar-refractivity contribution in [2.24, 2.45) is 0 Å². The molecule has 0 saturated heterocycles. The summed E-state index contributed by atoms with van der Waals surface area (Å²) in [4.78, 5) is 19.1. The quantitative estimate of drug-likeness (QED) is 0.218. The number of hydrogen-bond acceptors (Lipinski definition) is 4. The normalized spacial score (nSPS) is 8.93. The Bertz CT molecular complexity index is 291. The summed E-state index contributed by atoms with van der Waals surface area (Å²) in [5, 5.41) is 15.6. The maximum absolute atomic E-state index is 9.55. The van der Waals surface area contributed by atoms with E-state index in [4.69, 9.17) is 27.7 Å². The Hall–Kier alpha value is 0.550. The number of carboxylic acids is 2. The first-order valence-electron chi connectivity index (χ1n) is 2.46. The molecule has 0 aliphatic carbocycles. The molecule has 80 valence electrons. The average Bonchev–Trinajstić information content (AvgIpc) is 1.79. The molecule has 0 unspecified atom stereocenters. The summed E-state index contributed by atoms with van der Waals surface area (Å²) in [6.07, 6.45) is 1.12. The van der Waals surface area contributed by atoms with Gasteiger partial charge in [0.25, 0.3) is 0 Å². The van der Waals surface area contributed by atoms with Gasteiger partial charge >= 0.3 is 81.5 Å². The van der Waals surface area contributed by atoms with Crippen LogP contribution in [0.3, 0.4) is 0 Å². The fourth-order valence-corrected chi connectivity index (χ4v) is 0.143. The molecule has 0 fully saturated rings. The smallest absolute Gasteiger partial charge is 1.00 e. The second-order valence-corrected chi connectivity index (χ2v) is 2.35. The van der Waals surface area contributed by atoms with Gasteiger partial charge in [0.1, 0.15) is 0 Å². The van der Waals surface area contributed by atoms with Crippen molar-refractivity contribution in [3.8, 4) is 0 Å². The van der Waals surface area contributed by atoms with Crippen LogP contribution in [0.25, 0.3) is 0 Å². The molecule has 0 spiro atoms. The second-order valence-electron chi connectivity index (χ2n) is 1.46. The third-order valence-corrected chi connectivity index (χ3v) is 0.368. The van der Waals surface area contributed by atoms with Crippen LogP contribution in [0.5, 0.6) is 0 Å². The Morgan fingerprint density at radius 2 is 1.07 bits per heavy atom. The second kappa shape index (κ2) is 12.6. The molecule has 0 aliphatic heterocycles. The van der Waals surface area contributed by atoms with Crippen LogP contribution in [0.1, 0.15) is 2.85 Å². The molecule has 0 radical (unpaired) electrons. The zero-order valence-electron chi connectivity index (χ0n) is 9.98. The Labute approximate surface area is 132 Å². The van der Waals surface area contributed by atoms with E-state index < -0.39 is 22.3 Å². The van der Waals surface area contributed by atoms with E-state index in [9.17, 15) is 9.59 Å². The van der Waals surface area contributed by atoms with E-state index in [-0.39, 0.29) is 62.0 Å². The molecular weight excluding hydrogens is 254 g/mol. The monoisotopic (exact) mass is 262 g/mol. The Balaban J connectivity index is -0.0000000306. The summed E-state index contributed by atoms with van der Waals surface area (Å²) in [5.41, 5.74) is 0. The van der Waals surface area contributed by atoms with E-state index in [0.717, 1.165) is 0 Å². The van der Waals surface area contributed by atoms with Gasteiger partial charge in [0.05, 0.1) is 0 Å². The zero-order valence-corrected chi connectivity index (χ0v) is 12.8. The molecule has 0 aliphatic rings. The van der Waals surface area contributed by atoms with Crippen LogP contribution in [-0.2, 0) is 20.0 Å².